The maximum atomic E-state index is 12.9. The molecule has 0 aliphatic rings. The van der Waals surface area contributed by atoms with Crippen LogP contribution in [0.15, 0.2) is 91.0 Å². The lowest BCUT2D eigenvalue weighted by Crippen LogP contribution is -2.43. The first kappa shape index (κ1) is 24.7. The molecular weight excluding hydrogens is 430 g/mol. The van der Waals surface area contributed by atoms with Crippen molar-refractivity contribution in [3.8, 4) is 5.75 Å². The van der Waals surface area contributed by atoms with Crippen LogP contribution in [-0.2, 0) is 32.4 Å². The molecule has 0 spiro atoms. The van der Waals surface area contributed by atoms with Gasteiger partial charge in [-0.1, -0.05) is 72.8 Å². The predicted molar refractivity (Wildman–Crippen MR) is 130 cm³/mol. The average Bonchev–Trinajstić information content (AvgIpc) is 2.88. The Bertz CT molecular complexity index is 1060. The summed E-state index contributed by atoms with van der Waals surface area (Å²) < 4.78 is 10.9. The number of ether oxygens (including phenoxy) is 2. The molecule has 0 N–H and O–H groups in total. The molecule has 3 rings (SSSR count). The second-order valence-corrected chi connectivity index (χ2v) is 7.53. The molecular formula is C28H29NO5. The maximum absolute atomic E-state index is 12.9. The van der Waals surface area contributed by atoms with Gasteiger partial charge in [0.05, 0.1) is 6.61 Å². The van der Waals surface area contributed by atoms with Gasteiger partial charge in [0.1, 0.15) is 19.0 Å². The predicted octanol–water partition coefficient (Wildman–Crippen LogP) is 5.19. The first-order chi connectivity index (χ1) is 16.6. The summed E-state index contributed by atoms with van der Waals surface area (Å²) in [4.78, 5) is 30.9. The molecule has 1 amide bonds. The van der Waals surface area contributed by atoms with E-state index in [1.165, 1.54) is 6.08 Å². The summed E-state index contributed by atoms with van der Waals surface area (Å²) in [5, 5.41) is 1.05. The SMILES string of the molecule is CCOC(=O)C(C)N(OCc1ccccc1)C(=O)/C=C/c1ccc(OCc2ccccc2)cc1. The summed E-state index contributed by atoms with van der Waals surface area (Å²) in [5.41, 5.74) is 2.78. The van der Waals surface area contributed by atoms with Crippen LogP contribution in [0.2, 0.25) is 0 Å². The fourth-order valence-electron chi connectivity index (χ4n) is 3.10. The molecule has 176 valence electrons. The number of rotatable bonds is 11. The van der Waals surface area contributed by atoms with E-state index in [0.29, 0.717) is 6.61 Å². The normalized spacial score (nSPS) is 11.7. The van der Waals surface area contributed by atoms with E-state index in [0.717, 1.165) is 27.5 Å². The van der Waals surface area contributed by atoms with E-state index in [4.69, 9.17) is 14.3 Å². The van der Waals surface area contributed by atoms with Crippen molar-refractivity contribution in [2.24, 2.45) is 0 Å². The van der Waals surface area contributed by atoms with Crippen LogP contribution in [0.5, 0.6) is 5.75 Å². The molecule has 3 aromatic rings. The fraction of sp³-hybridized carbons (Fsp3) is 0.214. The first-order valence-electron chi connectivity index (χ1n) is 11.2. The van der Waals surface area contributed by atoms with E-state index >= 15 is 0 Å². The van der Waals surface area contributed by atoms with E-state index in [-0.39, 0.29) is 13.2 Å². The number of nitrogens with zero attached hydrogens (tertiary/aromatic N) is 1. The van der Waals surface area contributed by atoms with Crippen molar-refractivity contribution in [1.82, 2.24) is 5.06 Å². The number of benzene rings is 3. The fourth-order valence-corrected chi connectivity index (χ4v) is 3.10. The Labute approximate surface area is 200 Å². The highest BCUT2D eigenvalue weighted by atomic mass is 16.7. The van der Waals surface area contributed by atoms with Gasteiger partial charge in [-0.25, -0.2) is 9.86 Å². The summed E-state index contributed by atoms with van der Waals surface area (Å²) in [6.45, 7) is 4.15. The minimum atomic E-state index is -0.894. The number of hydrogen-bond donors (Lipinski definition) is 0. The summed E-state index contributed by atoms with van der Waals surface area (Å²) >= 11 is 0. The molecule has 1 unspecified atom stereocenters. The number of hydrogen-bond acceptors (Lipinski definition) is 5. The molecule has 0 aromatic heterocycles. The lowest BCUT2D eigenvalue weighted by atomic mass is 10.2. The highest BCUT2D eigenvalue weighted by Crippen LogP contribution is 2.16. The van der Waals surface area contributed by atoms with Crippen molar-refractivity contribution in [3.63, 3.8) is 0 Å². The molecule has 1 atom stereocenters. The van der Waals surface area contributed by atoms with Crippen LogP contribution < -0.4 is 4.74 Å². The van der Waals surface area contributed by atoms with Crippen LogP contribution in [-0.4, -0.2) is 29.6 Å². The highest BCUT2D eigenvalue weighted by Gasteiger charge is 2.27. The molecule has 3 aromatic carbocycles. The minimum absolute atomic E-state index is 0.150. The zero-order chi connectivity index (χ0) is 24.2. The van der Waals surface area contributed by atoms with Gasteiger partial charge in [0, 0.05) is 6.08 Å². The summed E-state index contributed by atoms with van der Waals surface area (Å²) in [5.74, 6) is -0.255. The summed E-state index contributed by atoms with van der Waals surface area (Å²) in [6.07, 6.45) is 3.04. The average molecular weight is 460 g/mol. The highest BCUT2D eigenvalue weighted by molar-refractivity contribution is 5.93. The van der Waals surface area contributed by atoms with Gasteiger partial charge in [-0.15, -0.1) is 0 Å². The van der Waals surface area contributed by atoms with Crippen LogP contribution in [0.25, 0.3) is 6.08 Å². The molecule has 6 heteroatoms. The Morgan fingerprint density at radius 2 is 1.44 bits per heavy atom. The van der Waals surface area contributed by atoms with Crippen molar-refractivity contribution in [2.75, 3.05) is 6.61 Å². The van der Waals surface area contributed by atoms with E-state index in [1.54, 1.807) is 19.9 Å². The van der Waals surface area contributed by atoms with Gasteiger partial charge in [0.15, 0.2) is 6.04 Å². The van der Waals surface area contributed by atoms with Gasteiger partial charge >= 0.3 is 5.97 Å². The molecule has 34 heavy (non-hydrogen) atoms. The lowest BCUT2D eigenvalue weighted by molar-refractivity contribution is -0.207. The molecule has 0 heterocycles. The van der Waals surface area contributed by atoms with Crippen LogP contribution >= 0.6 is 0 Å². The molecule has 6 nitrogen and oxygen atoms in total. The van der Waals surface area contributed by atoms with Crippen LogP contribution in [0.4, 0.5) is 0 Å². The van der Waals surface area contributed by atoms with E-state index in [2.05, 4.69) is 0 Å². The smallest absolute Gasteiger partial charge is 0.331 e. The van der Waals surface area contributed by atoms with E-state index in [9.17, 15) is 9.59 Å². The Morgan fingerprint density at radius 1 is 0.853 bits per heavy atom. The Kier molecular flexibility index (Phi) is 9.43. The lowest BCUT2D eigenvalue weighted by Gasteiger charge is -2.25. The second-order valence-electron chi connectivity index (χ2n) is 7.53. The number of carbonyl (C=O) groups is 2. The second kappa shape index (κ2) is 13.0. The van der Waals surface area contributed by atoms with Gasteiger partial charge in [0.25, 0.3) is 5.91 Å². The molecule has 0 aliphatic carbocycles. The van der Waals surface area contributed by atoms with Crippen LogP contribution in [0, 0.1) is 0 Å². The number of amides is 1. The van der Waals surface area contributed by atoms with Gasteiger partial charge in [0.2, 0.25) is 0 Å². The van der Waals surface area contributed by atoms with Gasteiger partial charge in [-0.05, 0) is 48.7 Å². The third-order valence-electron chi connectivity index (χ3n) is 4.96. The van der Waals surface area contributed by atoms with Crippen LogP contribution in [0.3, 0.4) is 0 Å². The first-order valence-corrected chi connectivity index (χ1v) is 11.2. The van der Waals surface area contributed by atoms with Crippen molar-refractivity contribution in [1.29, 1.82) is 0 Å². The van der Waals surface area contributed by atoms with Crippen molar-refractivity contribution < 1.29 is 23.9 Å². The Hall–Kier alpha value is -3.90. The van der Waals surface area contributed by atoms with E-state index < -0.39 is 17.9 Å². The van der Waals surface area contributed by atoms with Crippen molar-refractivity contribution in [2.45, 2.75) is 33.1 Å². The Morgan fingerprint density at radius 3 is 2.03 bits per heavy atom. The molecule has 0 saturated heterocycles. The third kappa shape index (κ3) is 7.60. The standard InChI is InChI=1S/C28H29NO5/c1-3-32-28(31)22(2)29(34-21-25-12-8-5-9-13-25)27(30)19-16-23-14-17-26(18-15-23)33-20-24-10-6-4-7-11-24/h4-19,22H,3,20-21H2,1-2H3/b19-16+. The molecule has 0 saturated carbocycles. The van der Waals surface area contributed by atoms with Crippen LogP contribution in [0.1, 0.15) is 30.5 Å². The molecule has 0 bridgehead atoms. The number of carbonyl (C=O) groups excluding carboxylic acids is 2. The molecule has 0 aliphatic heterocycles. The maximum Gasteiger partial charge on any atom is 0.331 e. The van der Waals surface area contributed by atoms with Crippen molar-refractivity contribution in [3.05, 3.63) is 108 Å². The number of esters is 1. The topological polar surface area (TPSA) is 65.1 Å². The molecule has 0 radical (unpaired) electrons. The molecule has 0 fully saturated rings. The summed E-state index contributed by atoms with van der Waals surface area (Å²) in [7, 11) is 0. The zero-order valence-corrected chi connectivity index (χ0v) is 19.4. The van der Waals surface area contributed by atoms with Gasteiger partial charge in [-0.3, -0.25) is 9.63 Å². The quantitative estimate of drug-likeness (QED) is 0.224. The van der Waals surface area contributed by atoms with Gasteiger partial charge < -0.3 is 9.47 Å². The Balaban J connectivity index is 1.63. The zero-order valence-electron chi connectivity index (χ0n) is 19.4. The minimum Gasteiger partial charge on any atom is -0.489 e. The largest absolute Gasteiger partial charge is 0.489 e. The third-order valence-corrected chi connectivity index (χ3v) is 4.96. The number of hydroxylamine groups is 2. The monoisotopic (exact) mass is 459 g/mol. The summed E-state index contributed by atoms with van der Waals surface area (Å²) in [6, 6.07) is 25.9. The van der Waals surface area contributed by atoms with E-state index in [1.807, 2.05) is 84.9 Å². The van der Waals surface area contributed by atoms with Gasteiger partial charge in [-0.2, -0.15) is 0 Å². The van der Waals surface area contributed by atoms with Crippen molar-refractivity contribution >= 4 is 18.0 Å².